The van der Waals surface area contributed by atoms with Crippen molar-refractivity contribution in [1.82, 2.24) is 19.7 Å². The zero-order valence-corrected chi connectivity index (χ0v) is 14.6. The quantitative estimate of drug-likeness (QED) is 0.940. The maximum atomic E-state index is 12.7. The van der Waals surface area contributed by atoms with Crippen LogP contribution < -0.4 is 5.32 Å². The minimum Gasteiger partial charge on any atom is -0.324 e. The van der Waals surface area contributed by atoms with E-state index in [9.17, 15) is 4.79 Å². The maximum absolute atomic E-state index is 12.7. The summed E-state index contributed by atoms with van der Waals surface area (Å²) in [7, 11) is 0. The Balaban J connectivity index is 1.71. The van der Waals surface area contributed by atoms with Crippen LogP contribution >= 0.6 is 0 Å². The number of aryl methyl sites for hydroxylation is 3. The van der Waals surface area contributed by atoms with Crippen LogP contribution in [0.3, 0.4) is 0 Å². The van der Waals surface area contributed by atoms with Gasteiger partial charge in [-0.3, -0.25) is 0 Å². The van der Waals surface area contributed by atoms with Crippen molar-refractivity contribution in [2.45, 2.75) is 46.1 Å². The molecule has 2 heterocycles. The molecule has 1 aromatic carbocycles. The molecule has 2 amide bonds. The fraction of sp³-hybridized carbons (Fsp3) is 0.500. The number of nitrogens with one attached hydrogen (secondary N) is 1. The molecule has 1 N–H and O–H groups in total. The molecule has 1 aliphatic heterocycles. The van der Waals surface area contributed by atoms with E-state index in [0.29, 0.717) is 6.54 Å². The van der Waals surface area contributed by atoms with E-state index in [-0.39, 0.29) is 11.9 Å². The number of amides is 2. The number of piperidine rings is 1. The summed E-state index contributed by atoms with van der Waals surface area (Å²) in [6, 6.07) is 6.02. The van der Waals surface area contributed by atoms with Crippen LogP contribution in [0.25, 0.3) is 0 Å². The molecule has 1 atom stereocenters. The highest BCUT2D eigenvalue weighted by Crippen LogP contribution is 2.27. The number of hydrogen-bond donors (Lipinski definition) is 1. The Morgan fingerprint density at radius 1 is 1.33 bits per heavy atom. The van der Waals surface area contributed by atoms with Crippen molar-refractivity contribution in [3.63, 3.8) is 0 Å². The fourth-order valence-electron chi connectivity index (χ4n) is 3.39. The van der Waals surface area contributed by atoms with Gasteiger partial charge in [-0.2, -0.15) is 0 Å². The van der Waals surface area contributed by atoms with E-state index in [0.717, 1.165) is 48.6 Å². The monoisotopic (exact) mass is 327 g/mol. The van der Waals surface area contributed by atoms with Gasteiger partial charge in [0.2, 0.25) is 0 Å². The molecule has 0 aliphatic carbocycles. The molecule has 0 bridgehead atoms. The first kappa shape index (κ1) is 16.5. The highest BCUT2D eigenvalue weighted by Gasteiger charge is 2.28. The lowest BCUT2D eigenvalue weighted by molar-refractivity contribution is 0.190. The first-order valence-corrected chi connectivity index (χ1v) is 8.60. The number of anilines is 1. The van der Waals surface area contributed by atoms with E-state index in [1.165, 1.54) is 0 Å². The Kier molecular flexibility index (Phi) is 4.83. The molecule has 128 valence electrons. The standard InChI is InChI=1S/C18H25N5O/c1-4-22-12-19-21-17(22)15-9-6-10-23(11-15)18(24)20-16-13(2)7-5-8-14(16)3/h5,7-8,12,15H,4,6,9-11H2,1-3H3,(H,20,24)/t15-/m0/s1. The van der Waals surface area contributed by atoms with Gasteiger partial charge in [-0.15, -0.1) is 10.2 Å². The van der Waals surface area contributed by atoms with Gasteiger partial charge in [0, 0.05) is 31.2 Å². The summed E-state index contributed by atoms with van der Waals surface area (Å²) in [5.74, 6) is 1.24. The highest BCUT2D eigenvalue weighted by atomic mass is 16.2. The Morgan fingerprint density at radius 2 is 2.08 bits per heavy atom. The Hall–Kier alpha value is -2.37. The minimum atomic E-state index is -0.0281. The third-order valence-corrected chi connectivity index (χ3v) is 4.77. The zero-order valence-electron chi connectivity index (χ0n) is 14.6. The number of aromatic nitrogens is 3. The summed E-state index contributed by atoms with van der Waals surface area (Å²) >= 11 is 0. The van der Waals surface area contributed by atoms with Gasteiger partial charge in [-0.25, -0.2) is 4.79 Å². The number of carbonyl (C=O) groups excluding carboxylic acids is 1. The average molecular weight is 327 g/mol. The number of hydrogen-bond acceptors (Lipinski definition) is 3. The number of benzene rings is 1. The van der Waals surface area contributed by atoms with Gasteiger partial charge >= 0.3 is 6.03 Å². The van der Waals surface area contributed by atoms with E-state index in [2.05, 4.69) is 27.0 Å². The number of rotatable bonds is 3. The second-order valence-corrected chi connectivity index (χ2v) is 6.46. The first-order valence-electron chi connectivity index (χ1n) is 8.60. The normalized spacial score (nSPS) is 17.8. The molecule has 0 unspecified atom stereocenters. The van der Waals surface area contributed by atoms with Gasteiger partial charge in [0.15, 0.2) is 0 Å². The third-order valence-electron chi connectivity index (χ3n) is 4.77. The zero-order chi connectivity index (χ0) is 17.1. The van der Waals surface area contributed by atoms with Crippen molar-refractivity contribution in [2.24, 2.45) is 0 Å². The van der Waals surface area contributed by atoms with Crippen LogP contribution in [0.1, 0.15) is 42.6 Å². The number of nitrogens with zero attached hydrogens (tertiary/aromatic N) is 4. The molecule has 2 aromatic rings. The Bertz CT molecular complexity index is 704. The van der Waals surface area contributed by atoms with Crippen LogP contribution in [-0.4, -0.2) is 38.8 Å². The van der Waals surface area contributed by atoms with Gasteiger partial charge in [-0.1, -0.05) is 18.2 Å². The van der Waals surface area contributed by atoms with E-state index in [4.69, 9.17) is 0 Å². The molecule has 0 saturated carbocycles. The van der Waals surface area contributed by atoms with Crippen molar-refractivity contribution in [2.75, 3.05) is 18.4 Å². The lowest BCUT2D eigenvalue weighted by Crippen LogP contribution is -2.42. The van der Waals surface area contributed by atoms with Gasteiger partial charge in [0.05, 0.1) is 0 Å². The van der Waals surface area contributed by atoms with Gasteiger partial charge in [-0.05, 0) is 44.7 Å². The van der Waals surface area contributed by atoms with Crippen LogP contribution in [0.5, 0.6) is 0 Å². The summed E-state index contributed by atoms with van der Waals surface area (Å²) in [6.45, 7) is 8.45. The van der Waals surface area contributed by atoms with Crippen molar-refractivity contribution in [3.8, 4) is 0 Å². The van der Waals surface area contributed by atoms with Crippen LogP contribution in [-0.2, 0) is 6.54 Å². The molecule has 3 rings (SSSR count). The van der Waals surface area contributed by atoms with Gasteiger partial charge in [0.1, 0.15) is 12.2 Å². The van der Waals surface area contributed by atoms with E-state index in [1.54, 1.807) is 6.33 Å². The molecule has 6 nitrogen and oxygen atoms in total. The number of urea groups is 1. The van der Waals surface area contributed by atoms with Crippen molar-refractivity contribution in [3.05, 3.63) is 41.5 Å². The van der Waals surface area contributed by atoms with Crippen LogP contribution in [0.4, 0.5) is 10.5 Å². The predicted molar refractivity (Wildman–Crippen MR) is 94.2 cm³/mol. The van der Waals surface area contributed by atoms with E-state index in [1.807, 2.05) is 36.9 Å². The van der Waals surface area contributed by atoms with E-state index < -0.39 is 0 Å². The summed E-state index contributed by atoms with van der Waals surface area (Å²) in [6.07, 6.45) is 3.80. The summed E-state index contributed by atoms with van der Waals surface area (Å²) < 4.78 is 2.07. The highest BCUT2D eigenvalue weighted by molar-refractivity contribution is 5.91. The lowest BCUT2D eigenvalue weighted by atomic mass is 9.97. The van der Waals surface area contributed by atoms with Crippen molar-refractivity contribution in [1.29, 1.82) is 0 Å². The average Bonchev–Trinajstić information content (AvgIpc) is 3.07. The third kappa shape index (κ3) is 3.27. The molecule has 6 heteroatoms. The maximum Gasteiger partial charge on any atom is 0.321 e. The first-order chi connectivity index (χ1) is 11.6. The number of likely N-dealkylation sites (tertiary alicyclic amines) is 1. The number of carbonyl (C=O) groups is 1. The summed E-state index contributed by atoms with van der Waals surface area (Å²) in [5, 5.41) is 11.4. The topological polar surface area (TPSA) is 63.1 Å². The Labute approximate surface area is 142 Å². The molecule has 1 aliphatic rings. The minimum absolute atomic E-state index is 0.0281. The molecular weight excluding hydrogens is 302 g/mol. The SMILES string of the molecule is CCn1cnnc1[C@H]1CCCN(C(=O)Nc2c(C)cccc2C)C1. The molecule has 24 heavy (non-hydrogen) atoms. The van der Waals surface area contributed by atoms with Gasteiger partial charge < -0.3 is 14.8 Å². The number of para-hydroxylation sites is 1. The van der Waals surface area contributed by atoms with Crippen LogP contribution in [0.15, 0.2) is 24.5 Å². The van der Waals surface area contributed by atoms with Gasteiger partial charge in [0.25, 0.3) is 0 Å². The molecule has 1 saturated heterocycles. The lowest BCUT2D eigenvalue weighted by Gasteiger charge is -2.32. The summed E-state index contributed by atoms with van der Waals surface area (Å²) in [4.78, 5) is 14.6. The van der Waals surface area contributed by atoms with Crippen LogP contribution in [0.2, 0.25) is 0 Å². The van der Waals surface area contributed by atoms with E-state index >= 15 is 0 Å². The molecule has 0 spiro atoms. The molecular formula is C18H25N5O. The largest absolute Gasteiger partial charge is 0.324 e. The van der Waals surface area contributed by atoms with Crippen molar-refractivity contribution >= 4 is 11.7 Å². The second-order valence-electron chi connectivity index (χ2n) is 6.46. The molecule has 0 radical (unpaired) electrons. The molecule has 1 aromatic heterocycles. The van der Waals surface area contributed by atoms with Crippen LogP contribution in [0, 0.1) is 13.8 Å². The second kappa shape index (κ2) is 7.03. The fourth-order valence-corrected chi connectivity index (χ4v) is 3.39. The smallest absolute Gasteiger partial charge is 0.321 e. The Morgan fingerprint density at radius 3 is 2.79 bits per heavy atom. The predicted octanol–water partition coefficient (Wildman–Crippen LogP) is 3.33. The molecule has 1 fully saturated rings. The summed E-state index contributed by atoms with van der Waals surface area (Å²) in [5.41, 5.74) is 3.09. The van der Waals surface area contributed by atoms with Crippen molar-refractivity contribution < 1.29 is 4.79 Å².